The van der Waals surface area contributed by atoms with Crippen molar-refractivity contribution in [3.05, 3.63) is 15.9 Å². The largest absolute Gasteiger partial charge is 0.324 e. The van der Waals surface area contributed by atoms with Gasteiger partial charge in [0.1, 0.15) is 0 Å². The highest BCUT2D eigenvalue weighted by atomic mass is 32.1. The first-order valence-electron chi connectivity index (χ1n) is 4.04. The van der Waals surface area contributed by atoms with Crippen molar-refractivity contribution in [3.8, 4) is 0 Å². The van der Waals surface area contributed by atoms with Gasteiger partial charge in [-0.25, -0.2) is 0 Å². The normalized spacial score (nSPS) is 13.9. The topological polar surface area (TPSA) is 17.3 Å². The lowest BCUT2D eigenvalue weighted by Gasteiger charge is -2.18. The Morgan fingerprint density at radius 2 is 2.00 bits per heavy atom. The molecule has 0 unspecified atom stereocenters. The standard InChI is InChI=1S/C9H16N2S/c1-9(2,3)7-6-12-8(10-4)11(7)5/h6H,1-5H3/b10-8-. The molecule has 0 N–H and O–H groups in total. The Morgan fingerprint density at radius 1 is 1.42 bits per heavy atom. The average Bonchev–Trinajstić information content (AvgIpc) is 2.29. The summed E-state index contributed by atoms with van der Waals surface area (Å²) in [6.07, 6.45) is 0. The third-order valence-corrected chi connectivity index (χ3v) is 2.89. The van der Waals surface area contributed by atoms with Gasteiger partial charge in [-0.05, 0) is 0 Å². The Morgan fingerprint density at radius 3 is 2.25 bits per heavy atom. The van der Waals surface area contributed by atoms with Gasteiger partial charge in [0.2, 0.25) is 0 Å². The number of nitrogens with zero attached hydrogens (tertiary/aromatic N) is 2. The lowest BCUT2D eigenvalue weighted by molar-refractivity contribution is 0.537. The van der Waals surface area contributed by atoms with Gasteiger partial charge >= 0.3 is 0 Å². The molecule has 1 rings (SSSR count). The van der Waals surface area contributed by atoms with Crippen LogP contribution in [0.5, 0.6) is 0 Å². The van der Waals surface area contributed by atoms with Crippen LogP contribution in [-0.2, 0) is 12.5 Å². The van der Waals surface area contributed by atoms with Gasteiger partial charge in [-0.3, -0.25) is 4.99 Å². The van der Waals surface area contributed by atoms with Crippen LogP contribution in [0.15, 0.2) is 10.4 Å². The van der Waals surface area contributed by atoms with Crippen LogP contribution in [0, 0.1) is 0 Å². The Hall–Kier alpha value is -0.570. The molecule has 0 aliphatic heterocycles. The van der Waals surface area contributed by atoms with Crippen LogP contribution in [0.4, 0.5) is 0 Å². The minimum absolute atomic E-state index is 0.216. The van der Waals surface area contributed by atoms with E-state index in [9.17, 15) is 0 Å². The molecule has 12 heavy (non-hydrogen) atoms. The first kappa shape index (κ1) is 9.52. The number of aromatic nitrogens is 1. The smallest absolute Gasteiger partial charge is 0.184 e. The van der Waals surface area contributed by atoms with Crippen LogP contribution >= 0.6 is 11.3 Å². The highest BCUT2D eigenvalue weighted by Gasteiger charge is 2.17. The van der Waals surface area contributed by atoms with Crippen LogP contribution in [0.2, 0.25) is 0 Å². The SMILES string of the molecule is C/N=c1\scc(C(C)(C)C)n1C. The van der Waals surface area contributed by atoms with Crippen LogP contribution in [0.3, 0.4) is 0 Å². The fourth-order valence-electron chi connectivity index (χ4n) is 1.25. The van der Waals surface area contributed by atoms with E-state index < -0.39 is 0 Å². The van der Waals surface area contributed by atoms with Gasteiger partial charge in [0, 0.05) is 30.6 Å². The van der Waals surface area contributed by atoms with E-state index in [2.05, 4.69) is 42.8 Å². The molecule has 0 bridgehead atoms. The first-order chi connectivity index (χ1) is 5.46. The van der Waals surface area contributed by atoms with E-state index in [0.717, 1.165) is 4.80 Å². The number of rotatable bonds is 0. The summed E-state index contributed by atoms with van der Waals surface area (Å²) in [5.74, 6) is 0. The Labute approximate surface area is 77.6 Å². The maximum atomic E-state index is 4.19. The Balaban J connectivity index is 3.30. The molecule has 1 aromatic rings. The fourth-order valence-corrected chi connectivity index (χ4v) is 2.34. The monoisotopic (exact) mass is 184 g/mol. The Bertz CT molecular complexity index is 325. The molecular weight excluding hydrogens is 168 g/mol. The maximum Gasteiger partial charge on any atom is 0.184 e. The summed E-state index contributed by atoms with van der Waals surface area (Å²) < 4.78 is 2.16. The van der Waals surface area contributed by atoms with Gasteiger partial charge < -0.3 is 4.57 Å². The van der Waals surface area contributed by atoms with Crippen molar-refractivity contribution in [2.45, 2.75) is 26.2 Å². The molecule has 68 valence electrons. The minimum atomic E-state index is 0.216. The molecule has 0 aromatic carbocycles. The van der Waals surface area contributed by atoms with E-state index in [1.54, 1.807) is 11.3 Å². The lowest BCUT2D eigenvalue weighted by atomic mass is 9.93. The van der Waals surface area contributed by atoms with Crippen molar-refractivity contribution in [3.63, 3.8) is 0 Å². The minimum Gasteiger partial charge on any atom is -0.324 e. The van der Waals surface area contributed by atoms with Gasteiger partial charge in [0.25, 0.3) is 0 Å². The zero-order valence-electron chi connectivity index (χ0n) is 8.38. The van der Waals surface area contributed by atoms with E-state index in [4.69, 9.17) is 0 Å². The zero-order chi connectivity index (χ0) is 9.35. The summed E-state index contributed by atoms with van der Waals surface area (Å²) in [5.41, 5.74) is 1.56. The molecule has 0 radical (unpaired) electrons. The fraction of sp³-hybridized carbons (Fsp3) is 0.667. The van der Waals surface area contributed by atoms with Gasteiger partial charge in [0.05, 0.1) is 0 Å². The number of hydrogen-bond donors (Lipinski definition) is 0. The van der Waals surface area contributed by atoms with Crippen molar-refractivity contribution < 1.29 is 0 Å². The highest BCUT2D eigenvalue weighted by Crippen LogP contribution is 2.21. The second-order valence-corrected chi connectivity index (χ2v) is 4.77. The van der Waals surface area contributed by atoms with Crippen molar-refractivity contribution in [1.82, 2.24) is 4.57 Å². The molecule has 2 nitrogen and oxygen atoms in total. The average molecular weight is 184 g/mol. The molecule has 3 heteroatoms. The van der Waals surface area contributed by atoms with E-state index >= 15 is 0 Å². The summed E-state index contributed by atoms with van der Waals surface area (Å²) >= 11 is 1.70. The van der Waals surface area contributed by atoms with Crippen LogP contribution in [-0.4, -0.2) is 11.6 Å². The molecule has 0 aliphatic rings. The molecule has 0 spiro atoms. The first-order valence-corrected chi connectivity index (χ1v) is 4.92. The summed E-state index contributed by atoms with van der Waals surface area (Å²) in [5, 5.41) is 2.18. The summed E-state index contributed by atoms with van der Waals surface area (Å²) in [6.45, 7) is 6.65. The third-order valence-electron chi connectivity index (χ3n) is 1.88. The molecule has 1 heterocycles. The number of thiazole rings is 1. The van der Waals surface area contributed by atoms with Crippen molar-refractivity contribution >= 4 is 11.3 Å². The predicted molar refractivity (Wildman–Crippen MR) is 53.5 cm³/mol. The molecule has 0 fully saturated rings. The van der Waals surface area contributed by atoms with Gasteiger partial charge in [0.15, 0.2) is 4.80 Å². The van der Waals surface area contributed by atoms with Gasteiger partial charge in [-0.1, -0.05) is 20.8 Å². The van der Waals surface area contributed by atoms with Crippen LogP contribution in [0.1, 0.15) is 26.5 Å². The van der Waals surface area contributed by atoms with Crippen LogP contribution in [0.25, 0.3) is 0 Å². The summed E-state index contributed by atoms with van der Waals surface area (Å²) in [7, 11) is 3.90. The number of hydrogen-bond acceptors (Lipinski definition) is 2. The molecule has 1 aromatic heterocycles. The summed E-state index contributed by atoms with van der Waals surface area (Å²) in [6, 6.07) is 0. The molecule has 0 aliphatic carbocycles. The van der Waals surface area contributed by atoms with E-state index in [1.165, 1.54) is 5.69 Å². The quantitative estimate of drug-likeness (QED) is 0.586. The molecule has 0 saturated carbocycles. The van der Waals surface area contributed by atoms with Crippen LogP contribution < -0.4 is 4.80 Å². The molecule has 0 saturated heterocycles. The molecule has 0 amide bonds. The second-order valence-electron chi connectivity index (χ2n) is 3.94. The molecule has 0 atom stereocenters. The van der Waals surface area contributed by atoms with Gasteiger partial charge in [-0.2, -0.15) is 0 Å². The summed E-state index contributed by atoms with van der Waals surface area (Å²) in [4.78, 5) is 5.27. The third kappa shape index (κ3) is 1.61. The zero-order valence-corrected chi connectivity index (χ0v) is 9.20. The van der Waals surface area contributed by atoms with Crippen molar-refractivity contribution in [2.75, 3.05) is 7.05 Å². The lowest BCUT2D eigenvalue weighted by Crippen LogP contribution is -2.21. The highest BCUT2D eigenvalue weighted by molar-refractivity contribution is 7.07. The van der Waals surface area contributed by atoms with E-state index in [-0.39, 0.29) is 5.41 Å². The van der Waals surface area contributed by atoms with E-state index in [0.29, 0.717) is 0 Å². The maximum absolute atomic E-state index is 4.19. The second kappa shape index (κ2) is 3.05. The van der Waals surface area contributed by atoms with Gasteiger partial charge in [-0.15, -0.1) is 11.3 Å². The van der Waals surface area contributed by atoms with Crippen molar-refractivity contribution in [1.29, 1.82) is 0 Å². The Kier molecular flexibility index (Phi) is 2.42. The predicted octanol–water partition coefficient (Wildman–Crippen LogP) is 1.91. The van der Waals surface area contributed by atoms with Crippen molar-refractivity contribution in [2.24, 2.45) is 12.0 Å². The van der Waals surface area contributed by atoms with E-state index in [1.807, 2.05) is 7.05 Å². The molecular formula is C9H16N2S.